The number of carbonyl (C=O) groups excluding carboxylic acids is 6. The largest absolute Gasteiger partial charge is 0.379 e. The van der Waals surface area contributed by atoms with E-state index in [1.54, 1.807) is 38.1 Å². The molecule has 0 spiro atoms. The molecule has 0 fully saturated rings. The molecule has 0 aromatic heterocycles. The van der Waals surface area contributed by atoms with Gasteiger partial charge in [-0.2, -0.15) is 0 Å². The number of nitrogens with two attached hydrogens (primary N) is 1. The summed E-state index contributed by atoms with van der Waals surface area (Å²) in [5.41, 5.74) is 6.53. The number of hydrogen-bond donors (Lipinski definition) is 5. The normalized spacial score (nSPS) is 13.7. The topological polar surface area (TPSA) is 217 Å². The monoisotopic (exact) mass is 724 g/mol. The molecule has 16 nitrogen and oxygen atoms in total. The molecule has 1 aromatic carbocycles. The molecule has 0 radical (unpaired) electrons. The zero-order valence-electron chi connectivity index (χ0n) is 28.6. The number of nitrogens with one attached hydrogen (secondary N) is 4. The highest BCUT2D eigenvalue weighted by atomic mass is 35.5. The molecule has 0 aliphatic carbocycles. The van der Waals surface area contributed by atoms with Crippen LogP contribution in [-0.4, -0.2) is 118 Å². The van der Waals surface area contributed by atoms with Crippen molar-refractivity contribution >= 4 is 52.9 Å². The Hall–Kier alpha value is -4.09. The molecule has 1 aliphatic rings. The summed E-state index contributed by atoms with van der Waals surface area (Å²) < 4.78 is 21.7. The molecule has 278 valence electrons. The SMILES string of the molecule is CC(C)[C@H](NC(=O)CCOCCOCCOCCOCCN1C(=O)C=CC1=O)C(=O)N[C@@H](CCCNC(N)=O)C(=O)Nc1ccc(CCl)cc1. The lowest BCUT2D eigenvalue weighted by atomic mass is 10.0. The van der Waals surface area contributed by atoms with Crippen LogP contribution in [0.3, 0.4) is 0 Å². The molecule has 7 amide bonds. The van der Waals surface area contributed by atoms with E-state index in [1.807, 2.05) is 0 Å². The Labute approximate surface area is 297 Å². The molecule has 2 atom stereocenters. The standard InChI is InChI=1S/C33H49ClN6O10/c1-23(2)30(32(45)38-26(4-3-12-36-33(35)46)31(44)37-25-7-5-24(22-34)6-8-25)39-27(41)11-14-47-16-18-49-20-21-50-19-17-48-15-13-40-28(42)9-10-29(40)43/h5-10,23,26,30H,3-4,11-22H2,1-2H3,(H,37,44)(H,38,45)(H,39,41)(H3,35,36,46)/t26-,30-/m0/s1. The lowest BCUT2D eigenvalue weighted by molar-refractivity contribution is -0.137. The maximum Gasteiger partial charge on any atom is 0.312 e. The van der Waals surface area contributed by atoms with Gasteiger partial charge in [0.15, 0.2) is 0 Å². The number of carbonyl (C=O) groups is 6. The van der Waals surface area contributed by atoms with E-state index in [-0.39, 0.29) is 63.5 Å². The number of primary amides is 1. The van der Waals surface area contributed by atoms with Crippen molar-refractivity contribution in [1.82, 2.24) is 20.9 Å². The number of hydrogen-bond acceptors (Lipinski definition) is 10. The average Bonchev–Trinajstić information content (AvgIpc) is 3.40. The van der Waals surface area contributed by atoms with Crippen LogP contribution in [0.1, 0.15) is 38.7 Å². The number of ether oxygens (including phenoxy) is 4. The van der Waals surface area contributed by atoms with Crippen molar-refractivity contribution in [2.75, 3.05) is 71.3 Å². The number of benzene rings is 1. The van der Waals surface area contributed by atoms with Crippen LogP contribution in [0.25, 0.3) is 0 Å². The fourth-order valence-electron chi connectivity index (χ4n) is 4.47. The number of alkyl halides is 1. The van der Waals surface area contributed by atoms with Crippen LogP contribution in [0.15, 0.2) is 36.4 Å². The van der Waals surface area contributed by atoms with Gasteiger partial charge in [-0.05, 0) is 36.5 Å². The number of amides is 7. The summed E-state index contributed by atoms with van der Waals surface area (Å²) in [4.78, 5) is 74.1. The molecule has 0 unspecified atom stereocenters. The zero-order valence-corrected chi connectivity index (χ0v) is 29.3. The van der Waals surface area contributed by atoms with Gasteiger partial charge in [-0.25, -0.2) is 4.79 Å². The third-order valence-electron chi connectivity index (χ3n) is 7.19. The maximum absolute atomic E-state index is 13.3. The Morgan fingerprint density at radius 1 is 0.800 bits per heavy atom. The van der Waals surface area contributed by atoms with E-state index in [0.29, 0.717) is 51.0 Å². The molecule has 6 N–H and O–H groups in total. The van der Waals surface area contributed by atoms with Gasteiger partial charge in [0.25, 0.3) is 11.8 Å². The molecule has 17 heteroatoms. The number of imide groups is 1. The lowest BCUT2D eigenvalue weighted by Gasteiger charge is -2.25. The number of halogens is 1. The number of rotatable bonds is 26. The minimum atomic E-state index is -0.950. The van der Waals surface area contributed by atoms with Gasteiger partial charge in [0.05, 0.1) is 59.4 Å². The van der Waals surface area contributed by atoms with Gasteiger partial charge in [-0.3, -0.25) is 28.9 Å². The van der Waals surface area contributed by atoms with E-state index in [4.69, 9.17) is 36.3 Å². The Kier molecular flexibility index (Phi) is 20.3. The second-order valence-corrected chi connectivity index (χ2v) is 11.7. The second-order valence-electron chi connectivity index (χ2n) is 11.5. The van der Waals surface area contributed by atoms with Gasteiger partial charge < -0.3 is 45.9 Å². The molecule has 1 aromatic rings. The first-order chi connectivity index (χ1) is 24.0. The summed E-state index contributed by atoms with van der Waals surface area (Å²) in [6, 6.07) is 4.41. The van der Waals surface area contributed by atoms with Crippen LogP contribution in [0.4, 0.5) is 10.5 Å². The second kappa shape index (κ2) is 24.1. The Morgan fingerprint density at radius 2 is 1.36 bits per heavy atom. The molecule has 0 saturated heterocycles. The van der Waals surface area contributed by atoms with Crippen molar-refractivity contribution in [2.45, 2.75) is 51.1 Å². The fourth-order valence-corrected chi connectivity index (χ4v) is 4.65. The highest BCUT2D eigenvalue weighted by molar-refractivity contribution is 6.17. The first kappa shape index (κ1) is 42.1. The minimum Gasteiger partial charge on any atom is -0.379 e. The fraction of sp³-hybridized carbons (Fsp3) is 0.576. The minimum absolute atomic E-state index is 0.0111. The highest BCUT2D eigenvalue weighted by Crippen LogP contribution is 2.13. The molecular weight excluding hydrogens is 676 g/mol. The quantitative estimate of drug-likeness (QED) is 0.0515. The van der Waals surface area contributed by atoms with Crippen molar-refractivity contribution in [3.8, 4) is 0 Å². The number of nitrogens with zero attached hydrogens (tertiary/aromatic N) is 1. The third-order valence-corrected chi connectivity index (χ3v) is 7.50. The summed E-state index contributed by atoms with van der Waals surface area (Å²) in [5, 5.41) is 10.7. The van der Waals surface area contributed by atoms with Crippen molar-refractivity contribution < 1.29 is 47.7 Å². The first-order valence-corrected chi connectivity index (χ1v) is 17.0. The van der Waals surface area contributed by atoms with Crippen LogP contribution in [0, 0.1) is 5.92 Å². The van der Waals surface area contributed by atoms with Crippen LogP contribution in [0.2, 0.25) is 0 Å². The first-order valence-electron chi connectivity index (χ1n) is 16.4. The van der Waals surface area contributed by atoms with E-state index < -0.39 is 35.8 Å². The molecular formula is C33H49ClN6O10. The van der Waals surface area contributed by atoms with Gasteiger partial charge in [0.2, 0.25) is 17.7 Å². The summed E-state index contributed by atoms with van der Waals surface area (Å²) in [5.74, 6) is -2.01. The van der Waals surface area contributed by atoms with Crippen LogP contribution in [-0.2, 0) is 48.8 Å². The van der Waals surface area contributed by atoms with Gasteiger partial charge in [0.1, 0.15) is 12.1 Å². The van der Waals surface area contributed by atoms with Gasteiger partial charge in [-0.15, -0.1) is 11.6 Å². The van der Waals surface area contributed by atoms with Gasteiger partial charge in [-0.1, -0.05) is 26.0 Å². The van der Waals surface area contributed by atoms with Crippen molar-refractivity contribution in [3.63, 3.8) is 0 Å². The van der Waals surface area contributed by atoms with Crippen molar-refractivity contribution in [2.24, 2.45) is 11.7 Å². The van der Waals surface area contributed by atoms with E-state index in [0.717, 1.165) is 10.5 Å². The molecule has 1 heterocycles. The molecule has 0 saturated carbocycles. The molecule has 2 rings (SSSR count). The molecule has 0 bridgehead atoms. The van der Waals surface area contributed by atoms with Gasteiger partial charge >= 0.3 is 6.03 Å². The summed E-state index contributed by atoms with van der Waals surface area (Å²) in [6.07, 6.45) is 3.03. The summed E-state index contributed by atoms with van der Waals surface area (Å²) in [6.45, 7) is 6.15. The predicted molar refractivity (Wildman–Crippen MR) is 184 cm³/mol. The highest BCUT2D eigenvalue weighted by Gasteiger charge is 2.29. The average molecular weight is 725 g/mol. The lowest BCUT2D eigenvalue weighted by Crippen LogP contribution is -2.54. The van der Waals surface area contributed by atoms with Crippen LogP contribution in [0.5, 0.6) is 0 Å². The molecule has 1 aliphatic heterocycles. The van der Waals surface area contributed by atoms with Crippen molar-refractivity contribution in [3.05, 3.63) is 42.0 Å². The Morgan fingerprint density at radius 3 is 1.90 bits per heavy atom. The number of anilines is 1. The van der Waals surface area contributed by atoms with E-state index in [1.165, 1.54) is 12.2 Å². The van der Waals surface area contributed by atoms with E-state index in [9.17, 15) is 28.8 Å². The van der Waals surface area contributed by atoms with E-state index in [2.05, 4.69) is 21.3 Å². The van der Waals surface area contributed by atoms with Crippen molar-refractivity contribution in [1.29, 1.82) is 0 Å². The molecule has 50 heavy (non-hydrogen) atoms. The van der Waals surface area contributed by atoms with E-state index >= 15 is 0 Å². The van der Waals surface area contributed by atoms with Crippen LogP contribution < -0.4 is 27.0 Å². The smallest absolute Gasteiger partial charge is 0.312 e. The maximum atomic E-state index is 13.3. The van der Waals surface area contributed by atoms with Crippen LogP contribution >= 0.6 is 11.6 Å². The summed E-state index contributed by atoms with van der Waals surface area (Å²) in [7, 11) is 0. The Balaban J connectivity index is 1.64. The third kappa shape index (κ3) is 17.0. The predicted octanol–water partition coefficient (Wildman–Crippen LogP) is 0.820. The van der Waals surface area contributed by atoms with Gasteiger partial charge in [0, 0.05) is 36.7 Å². The zero-order chi connectivity index (χ0) is 36.7. The Bertz CT molecular complexity index is 1260. The summed E-state index contributed by atoms with van der Waals surface area (Å²) >= 11 is 5.84. The number of urea groups is 1.